The maximum Gasteiger partial charge on any atom is 0.0188 e. The summed E-state index contributed by atoms with van der Waals surface area (Å²) in [5.74, 6) is 0.719. The van der Waals surface area contributed by atoms with Crippen LogP contribution in [-0.2, 0) is 0 Å². The molecule has 0 aromatic rings. The highest BCUT2D eigenvalue weighted by Gasteiger charge is 2.12. The molecule has 3 heteroatoms. The molecule has 1 heterocycles. The van der Waals surface area contributed by atoms with Gasteiger partial charge in [0.25, 0.3) is 0 Å². The molecule has 1 aliphatic heterocycles. The van der Waals surface area contributed by atoms with Crippen molar-refractivity contribution in [1.29, 1.82) is 0 Å². The quantitative estimate of drug-likeness (QED) is 0.568. The van der Waals surface area contributed by atoms with Crippen molar-refractivity contribution in [3.8, 4) is 0 Å². The number of alkyl halides is 1. The summed E-state index contributed by atoms with van der Waals surface area (Å²) < 4.78 is 0. The third-order valence-corrected chi connectivity index (χ3v) is 3.92. The highest BCUT2D eigenvalue weighted by molar-refractivity contribution is 9.09. The second kappa shape index (κ2) is 7.64. The third-order valence-electron chi connectivity index (χ3n) is 3.23. The van der Waals surface area contributed by atoms with Gasteiger partial charge in [0.1, 0.15) is 0 Å². The zero-order chi connectivity index (χ0) is 11.1. The minimum absolute atomic E-state index is 0.628. The number of likely N-dealkylation sites (tertiary alicyclic amines) is 1. The van der Waals surface area contributed by atoms with Crippen LogP contribution in [0.1, 0.15) is 33.1 Å². The lowest BCUT2D eigenvalue weighted by Gasteiger charge is -2.21. The normalized spacial score (nSPS) is 20.0. The zero-order valence-corrected chi connectivity index (χ0v) is 11.7. The molecule has 0 aromatic heterocycles. The van der Waals surface area contributed by atoms with E-state index in [2.05, 4.69) is 40.0 Å². The first-order valence-electron chi connectivity index (χ1n) is 6.25. The van der Waals surface area contributed by atoms with E-state index < -0.39 is 0 Å². The Balaban J connectivity index is 1.99. The summed E-state index contributed by atoms with van der Waals surface area (Å²) in [6.45, 7) is 9.64. The third kappa shape index (κ3) is 5.32. The van der Waals surface area contributed by atoms with E-state index in [0.717, 1.165) is 17.8 Å². The predicted molar refractivity (Wildman–Crippen MR) is 70.7 cm³/mol. The summed E-state index contributed by atoms with van der Waals surface area (Å²) in [4.78, 5) is 2.58. The van der Waals surface area contributed by atoms with Crippen LogP contribution in [-0.4, -0.2) is 42.5 Å². The minimum atomic E-state index is 0.628. The van der Waals surface area contributed by atoms with Gasteiger partial charge in [-0.3, -0.25) is 0 Å². The first kappa shape index (κ1) is 13.5. The molecule has 0 bridgehead atoms. The van der Waals surface area contributed by atoms with Crippen molar-refractivity contribution in [2.75, 3.05) is 31.5 Å². The van der Waals surface area contributed by atoms with Crippen molar-refractivity contribution in [2.45, 2.75) is 39.2 Å². The molecule has 0 spiro atoms. The lowest BCUT2D eigenvalue weighted by molar-refractivity contribution is 0.323. The highest BCUT2D eigenvalue weighted by Crippen LogP contribution is 2.08. The van der Waals surface area contributed by atoms with Gasteiger partial charge in [0.15, 0.2) is 0 Å². The summed E-state index contributed by atoms with van der Waals surface area (Å²) in [6.07, 6.45) is 4.10. The van der Waals surface area contributed by atoms with Gasteiger partial charge in [0, 0.05) is 11.4 Å². The van der Waals surface area contributed by atoms with Gasteiger partial charge in [-0.25, -0.2) is 0 Å². The lowest BCUT2D eigenvalue weighted by Crippen LogP contribution is -2.37. The summed E-state index contributed by atoms with van der Waals surface area (Å²) in [5.41, 5.74) is 0. The van der Waals surface area contributed by atoms with Gasteiger partial charge >= 0.3 is 0 Å². The van der Waals surface area contributed by atoms with Gasteiger partial charge < -0.3 is 10.2 Å². The maximum atomic E-state index is 3.62. The molecule has 1 fully saturated rings. The Morgan fingerprint density at radius 1 is 1.27 bits per heavy atom. The van der Waals surface area contributed by atoms with Crippen molar-refractivity contribution < 1.29 is 0 Å². The molecule has 1 aliphatic rings. The van der Waals surface area contributed by atoms with E-state index in [-0.39, 0.29) is 0 Å². The Labute approximate surface area is 103 Å². The van der Waals surface area contributed by atoms with Crippen LogP contribution in [0.4, 0.5) is 0 Å². The number of hydrogen-bond acceptors (Lipinski definition) is 2. The van der Waals surface area contributed by atoms with E-state index in [1.54, 1.807) is 0 Å². The average Bonchev–Trinajstić information content (AvgIpc) is 2.70. The average molecular weight is 277 g/mol. The van der Waals surface area contributed by atoms with E-state index in [9.17, 15) is 0 Å². The summed E-state index contributed by atoms with van der Waals surface area (Å²) in [6, 6.07) is 0.628. The van der Waals surface area contributed by atoms with E-state index in [1.165, 1.54) is 38.9 Å². The van der Waals surface area contributed by atoms with Gasteiger partial charge in [-0.15, -0.1) is 0 Å². The largest absolute Gasteiger partial charge is 0.313 e. The smallest absolute Gasteiger partial charge is 0.0188 e. The summed E-state index contributed by atoms with van der Waals surface area (Å²) >= 11 is 3.56. The molecule has 0 amide bonds. The maximum absolute atomic E-state index is 3.62. The first-order valence-corrected chi connectivity index (χ1v) is 7.38. The van der Waals surface area contributed by atoms with E-state index in [0.29, 0.717) is 6.04 Å². The molecule has 0 aliphatic carbocycles. The van der Waals surface area contributed by atoms with Gasteiger partial charge in [0.2, 0.25) is 0 Å². The second-order valence-corrected chi connectivity index (χ2v) is 5.51. The number of nitrogens with one attached hydrogen (secondary N) is 1. The van der Waals surface area contributed by atoms with Gasteiger partial charge in [-0.2, -0.15) is 0 Å². The van der Waals surface area contributed by atoms with Crippen LogP contribution < -0.4 is 5.32 Å². The molecular formula is C12H25BrN2. The van der Waals surface area contributed by atoms with Crippen LogP contribution in [0, 0.1) is 5.92 Å². The molecule has 2 nitrogen and oxygen atoms in total. The standard InChI is InChI=1S/C12H25BrN2/c1-11(2)12(10-13)14-6-5-9-15-7-3-4-8-15/h11-12,14H,3-10H2,1-2H3. The number of halogens is 1. The van der Waals surface area contributed by atoms with Crippen molar-refractivity contribution in [3.05, 3.63) is 0 Å². The van der Waals surface area contributed by atoms with Crippen LogP contribution in [0.3, 0.4) is 0 Å². The van der Waals surface area contributed by atoms with Crippen LogP contribution in [0.25, 0.3) is 0 Å². The number of rotatable bonds is 7. The molecule has 0 saturated carbocycles. The highest BCUT2D eigenvalue weighted by atomic mass is 79.9. The fourth-order valence-corrected chi connectivity index (χ4v) is 3.04. The van der Waals surface area contributed by atoms with Gasteiger partial charge in [0.05, 0.1) is 0 Å². The predicted octanol–water partition coefficient (Wildman–Crippen LogP) is 2.48. The molecule has 1 rings (SSSR count). The molecule has 1 unspecified atom stereocenters. The van der Waals surface area contributed by atoms with Crippen molar-refractivity contribution in [2.24, 2.45) is 5.92 Å². The Kier molecular flexibility index (Phi) is 6.86. The Bertz CT molecular complexity index is 156. The fraction of sp³-hybridized carbons (Fsp3) is 1.00. The van der Waals surface area contributed by atoms with E-state index in [1.807, 2.05) is 0 Å². The Morgan fingerprint density at radius 2 is 1.93 bits per heavy atom. The lowest BCUT2D eigenvalue weighted by atomic mass is 10.1. The number of hydrogen-bond donors (Lipinski definition) is 1. The SMILES string of the molecule is CC(C)C(CBr)NCCCN1CCCC1. The molecule has 0 aromatic carbocycles. The molecular weight excluding hydrogens is 252 g/mol. The molecule has 90 valence electrons. The van der Waals surface area contributed by atoms with Crippen molar-refractivity contribution in [1.82, 2.24) is 10.2 Å². The van der Waals surface area contributed by atoms with Crippen LogP contribution in [0.2, 0.25) is 0 Å². The van der Waals surface area contributed by atoms with E-state index in [4.69, 9.17) is 0 Å². The minimum Gasteiger partial charge on any atom is -0.313 e. The Hall–Kier alpha value is 0.400. The van der Waals surface area contributed by atoms with Crippen molar-refractivity contribution in [3.63, 3.8) is 0 Å². The molecule has 1 atom stereocenters. The van der Waals surface area contributed by atoms with Crippen molar-refractivity contribution >= 4 is 15.9 Å². The summed E-state index contributed by atoms with van der Waals surface area (Å²) in [5, 5.41) is 4.68. The monoisotopic (exact) mass is 276 g/mol. The molecule has 15 heavy (non-hydrogen) atoms. The molecule has 0 radical (unpaired) electrons. The van der Waals surface area contributed by atoms with E-state index >= 15 is 0 Å². The topological polar surface area (TPSA) is 15.3 Å². The van der Waals surface area contributed by atoms with Crippen LogP contribution in [0.5, 0.6) is 0 Å². The zero-order valence-electron chi connectivity index (χ0n) is 10.1. The first-order chi connectivity index (χ1) is 7.24. The number of nitrogens with zero attached hydrogens (tertiary/aromatic N) is 1. The van der Waals surface area contributed by atoms with Gasteiger partial charge in [-0.1, -0.05) is 29.8 Å². The van der Waals surface area contributed by atoms with Crippen LogP contribution >= 0.6 is 15.9 Å². The Morgan fingerprint density at radius 3 is 2.47 bits per heavy atom. The molecule has 1 saturated heterocycles. The fourth-order valence-electron chi connectivity index (χ4n) is 2.06. The van der Waals surface area contributed by atoms with Gasteiger partial charge in [-0.05, 0) is 51.4 Å². The molecule has 1 N–H and O–H groups in total. The summed E-state index contributed by atoms with van der Waals surface area (Å²) in [7, 11) is 0. The second-order valence-electron chi connectivity index (χ2n) is 4.86. The van der Waals surface area contributed by atoms with Crippen LogP contribution in [0.15, 0.2) is 0 Å².